The quantitative estimate of drug-likeness (QED) is 0.250. The number of benzene rings is 2. The lowest BCUT2D eigenvalue weighted by Crippen LogP contribution is -2.54. The Morgan fingerprint density at radius 1 is 1.09 bits per heavy atom. The van der Waals surface area contributed by atoms with Crippen molar-refractivity contribution in [2.24, 2.45) is 11.8 Å². The summed E-state index contributed by atoms with van der Waals surface area (Å²) in [4.78, 5) is 69.9. The number of ketones is 1. The number of H-pyrrole nitrogens is 1. The van der Waals surface area contributed by atoms with E-state index in [0.29, 0.717) is 41.6 Å². The molecular weight excluding hydrogens is 607 g/mol. The minimum absolute atomic E-state index is 0.0173. The normalized spacial score (nSPS) is 20.6. The van der Waals surface area contributed by atoms with E-state index in [9.17, 15) is 37.1 Å². The molecule has 3 heterocycles. The number of alkyl halides is 3. The molecule has 11 nitrogen and oxygen atoms in total. The van der Waals surface area contributed by atoms with E-state index in [1.807, 2.05) is 0 Å². The molecule has 0 saturated carbocycles. The summed E-state index contributed by atoms with van der Waals surface area (Å²) < 4.78 is 47.1. The van der Waals surface area contributed by atoms with Gasteiger partial charge in [-0.2, -0.15) is 13.2 Å². The maximum Gasteiger partial charge on any atom is 0.393 e. The van der Waals surface area contributed by atoms with Crippen molar-refractivity contribution in [1.29, 1.82) is 0 Å². The molecule has 4 atom stereocenters. The number of methoxy groups -OCH3 is 1. The summed E-state index contributed by atoms with van der Waals surface area (Å²) in [7, 11) is 1.44. The fraction of sp³-hybridized carbons (Fsp3) is 0.406. The summed E-state index contributed by atoms with van der Waals surface area (Å²) in [6, 6.07) is 12.1. The Balaban J connectivity index is 1.38. The summed E-state index contributed by atoms with van der Waals surface area (Å²) in [6.45, 7) is -0.326. The standard InChI is InChI=1S/C32H34F3N5O6/c1-46-26-11-5-10-22-21(26)15-24(38-22)31(45)40-17-20(32(33,34)35)14-25(40)29(43)39-23(13-19-9-6-12-36-28(19)42)27(41)30(44)37-16-18-7-3-2-4-8-18/h2-5,7-8,10-11,15,19-20,23,25,38H,6,9,12-14,16-17H2,1H3,(H,36,42)(H,37,44)(H,39,43)/t19-,20+,23-,25-/m0/s1. The summed E-state index contributed by atoms with van der Waals surface area (Å²) in [5, 5.41) is 8.15. The number of fused-ring (bicyclic) bond motifs is 1. The van der Waals surface area contributed by atoms with E-state index in [0.717, 1.165) is 4.90 Å². The van der Waals surface area contributed by atoms with Gasteiger partial charge in [0.2, 0.25) is 17.6 Å². The highest BCUT2D eigenvalue weighted by atomic mass is 19.4. The zero-order valence-electron chi connectivity index (χ0n) is 25.0. The molecule has 2 aromatic carbocycles. The number of halogens is 3. The first-order chi connectivity index (χ1) is 22.0. The van der Waals surface area contributed by atoms with Crippen molar-refractivity contribution in [2.45, 2.75) is 50.5 Å². The summed E-state index contributed by atoms with van der Waals surface area (Å²) in [6.07, 6.45) is -4.68. The fourth-order valence-corrected chi connectivity index (χ4v) is 5.99. The van der Waals surface area contributed by atoms with Gasteiger partial charge >= 0.3 is 6.18 Å². The van der Waals surface area contributed by atoms with Crippen LogP contribution in [0.3, 0.4) is 0 Å². The van der Waals surface area contributed by atoms with Crippen LogP contribution in [0.2, 0.25) is 0 Å². The van der Waals surface area contributed by atoms with Gasteiger partial charge in [-0.3, -0.25) is 24.0 Å². The molecule has 0 spiro atoms. The van der Waals surface area contributed by atoms with E-state index in [1.54, 1.807) is 48.5 Å². The molecule has 2 aliphatic heterocycles. The number of hydrogen-bond donors (Lipinski definition) is 4. The summed E-state index contributed by atoms with van der Waals surface area (Å²) in [5.74, 6) is -6.57. The molecule has 46 heavy (non-hydrogen) atoms. The molecule has 4 N–H and O–H groups in total. The molecular formula is C32H34F3N5O6. The van der Waals surface area contributed by atoms with Crippen molar-refractivity contribution in [1.82, 2.24) is 25.8 Å². The van der Waals surface area contributed by atoms with E-state index < -0.39 is 66.6 Å². The van der Waals surface area contributed by atoms with E-state index in [2.05, 4.69) is 20.9 Å². The van der Waals surface area contributed by atoms with Crippen LogP contribution in [0.4, 0.5) is 13.2 Å². The number of piperidine rings is 1. The van der Waals surface area contributed by atoms with Gasteiger partial charge < -0.3 is 30.6 Å². The van der Waals surface area contributed by atoms with Crippen LogP contribution < -0.4 is 20.7 Å². The predicted octanol–water partition coefficient (Wildman–Crippen LogP) is 2.86. The van der Waals surface area contributed by atoms with Crippen LogP contribution in [0.1, 0.15) is 41.7 Å². The van der Waals surface area contributed by atoms with Crippen molar-refractivity contribution >= 4 is 40.3 Å². The van der Waals surface area contributed by atoms with Crippen LogP contribution >= 0.6 is 0 Å². The van der Waals surface area contributed by atoms with Gasteiger partial charge in [-0.05, 0) is 49.4 Å². The van der Waals surface area contributed by atoms with Crippen LogP contribution in [0.15, 0.2) is 54.6 Å². The second kappa shape index (κ2) is 13.6. The fourth-order valence-electron chi connectivity index (χ4n) is 5.99. The Hall–Kier alpha value is -4.88. The largest absolute Gasteiger partial charge is 0.496 e. The third-order valence-electron chi connectivity index (χ3n) is 8.47. The second-order valence-electron chi connectivity index (χ2n) is 11.5. The maximum absolute atomic E-state index is 13.9. The van der Waals surface area contributed by atoms with Crippen molar-refractivity contribution in [3.63, 3.8) is 0 Å². The van der Waals surface area contributed by atoms with E-state index in [4.69, 9.17) is 4.74 Å². The minimum atomic E-state index is -4.70. The zero-order chi connectivity index (χ0) is 33.0. The molecule has 0 bridgehead atoms. The Labute approximate surface area is 262 Å². The number of aromatic nitrogens is 1. The number of hydrogen-bond acceptors (Lipinski definition) is 6. The van der Waals surface area contributed by atoms with Crippen LogP contribution in [0.25, 0.3) is 10.9 Å². The average Bonchev–Trinajstić information content (AvgIpc) is 3.70. The lowest BCUT2D eigenvalue weighted by Gasteiger charge is -2.28. The third-order valence-corrected chi connectivity index (χ3v) is 8.47. The molecule has 2 saturated heterocycles. The molecule has 0 unspecified atom stereocenters. The Morgan fingerprint density at radius 2 is 1.85 bits per heavy atom. The number of ether oxygens (including phenoxy) is 1. The van der Waals surface area contributed by atoms with Crippen molar-refractivity contribution in [3.05, 3.63) is 65.9 Å². The highest BCUT2D eigenvalue weighted by Crippen LogP contribution is 2.38. The number of nitrogens with one attached hydrogen (secondary N) is 4. The molecule has 0 radical (unpaired) electrons. The first kappa shape index (κ1) is 32.5. The lowest BCUT2D eigenvalue weighted by atomic mass is 9.89. The van der Waals surface area contributed by atoms with Crippen LogP contribution in [0.5, 0.6) is 5.75 Å². The van der Waals surface area contributed by atoms with E-state index >= 15 is 0 Å². The Bertz CT molecular complexity index is 1630. The van der Waals surface area contributed by atoms with Gasteiger partial charge in [0, 0.05) is 36.5 Å². The van der Waals surface area contributed by atoms with Gasteiger partial charge in [-0.25, -0.2) is 0 Å². The Kier molecular flexibility index (Phi) is 9.63. The highest BCUT2D eigenvalue weighted by molar-refractivity contribution is 6.38. The van der Waals surface area contributed by atoms with Crippen molar-refractivity contribution in [2.75, 3.05) is 20.2 Å². The van der Waals surface area contributed by atoms with Gasteiger partial charge in [0.25, 0.3) is 11.8 Å². The number of rotatable bonds is 10. The first-order valence-electron chi connectivity index (χ1n) is 14.9. The number of likely N-dealkylation sites (tertiary alicyclic amines) is 1. The molecule has 5 rings (SSSR count). The summed E-state index contributed by atoms with van der Waals surface area (Å²) in [5.41, 5.74) is 1.17. The van der Waals surface area contributed by atoms with Gasteiger partial charge in [0.1, 0.15) is 17.5 Å². The molecule has 14 heteroatoms. The minimum Gasteiger partial charge on any atom is -0.496 e. The van der Waals surface area contributed by atoms with Crippen LogP contribution in [0, 0.1) is 11.8 Å². The SMILES string of the molecule is COc1cccc2[nH]c(C(=O)N3C[C@H](C(F)(F)F)C[C@H]3C(=O)N[C@@H](C[C@@H]3CCCNC3=O)C(=O)C(=O)NCc3ccccc3)cc12. The number of carbonyl (C=O) groups excluding carboxylic acids is 5. The third kappa shape index (κ3) is 7.16. The molecule has 0 aliphatic carbocycles. The maximum atomic E-state index is 13.9. The number of carbonyl (C=O) groups is 5. The molecule has 244 valence electrons. The van der Waals surface area contributed by atoms with Crippen molar-refractivity contribution < 1.29 is 41.9 Å². The smallest absolute Gasteiger partial charge is 0.393 e. The van der Waals surface area contributed by atoms with E-state index in [-0.39, 0.29) is 24.6 Å². The summed E-state index contributed by atoms with van der Waals surface area (Å²) >= 11 is 0. The van der Waals surface area contributed by atoms with Gasteiger partial charge in [-0.15, -0.1) is 0 Å². The average molecular weight is 642 g/mol. The zero-order valence-corrected chi connectivity index (χ0v) is 25.0. The monoisotopic (exact) mass is 641 g/mol. The van der Waals surface area contributed by atoms with E-state index in [1.165, 1.54) is 13.2 Å². The predicted molar refractivity (Wildman–Crippen MR) is 159 cm³/mol. The number of nitrogens with zero attached hydrogens (tertiary/aromatic N) is 1. The van der Waals surface area contributed by atoms with Crippen LogP contribution in [-0.4, -0.2) is 77.8 Å². The lowest BCUT2D eigenvalue weighted by molar-refractivity contribution is -0.170. The highest BCUT2D eigenvalue weighted by Gasteiger charge is 2.51. The van der Waals surface area contributed by atoms with Gasteiger partial charge in [0.05, 0.1) is 19.1 Å². The molecule has 4 amide bonds. The number of Topliss-reactive ketones (excluding diaryl/α,β-unsaturated/α-hetero) is 1. The first-order valence-corrected chi connectivity index (χ1v) is 14.9. The Morgan fingerprint density at radius 3 is 2.54 bits per heavy atom. The second-order valence-corrected chi connectivity index (χ2v) is 11.5. The van der Waals surface area contributed by atoms with Crippen molar-refractivity contribution in [3.8, 4) is 5.75 Å². The molecule has 2 fully saturated rings. The number of aromatic amines is 1. The van der Waals surface area contributed by atoms with Gasteiger partial charge in [0.15, 0.2) is 0 Å². The van der Waals surface area contributed by atoms with Crippen LogP contribution in [-0.2, 0) is 25.7 Å². The number of amides is 4. The molecule has 1 aromatic heterocycles. The molecule has 2 aliphatic rings. The molecule has 3 aromatic rings. The topological polar surface area (TPSA) is 150 Å². The van der Waals surface area contributed by atoms with Gasteiger partial charge in [-0.1, -0.05) is 36.4 Å².